The second-order valence-electron chi connectivity index (χ2n) is 8.17. The Hall–Kier alpha value is -1.36. The van der Waals surface area contributed by atoms with Crippen molar-refractivity contribution in [3.05, 3.63) is 41.1 Å². The molecule has 6 heteroatoms. The molecule has 1 aliphatic carbocycles. The van der Waals surface area contributed by atoms with Crippen LogP contribution in [0.1, 0.15) is 66.1 Å². The van der Waals surface area contributed by atoms with Crippen LogP contribution in [-0.2, 0) is 0 Å². The molecule has 2 aromatic rings. The lowest BCUT2D eigenvalue weighted by Crippen LogP contribution is -2.48. The third-order valence-electron chi connectivity index (χ3n) is 6.03. The highest BCUT2D eigenvalue weighted by molar-refractivity contribution is 6.06. The summed E-state index contributed by atoms with van der Waals surface area (Å²) in [5.74, 6) is 0.623. The predicted molar refractivity (Wildman–Crippen MR) is 113 cm³/mol. The van der Waals surface area contributed by atoms with E-state index in [2.05, 4.69) is 35.8 Å². The number of amides is 1. The van der Waals surface area contributed by atoms with Gasteiger partial charge in [-0.15, -0.1) is 24.8 Å². The van der Waals surface area contributed by atoms with Crippen LogP contribution in [0.5, 0.6) is 0 Å². The van der Waals surface area contributed by atoms with Gasteiger partial charge in [-0.25, -0.2) is 0 Å². The maximum atomic E-state index is 13.1. The lowest BCUT2D eigenvalue weighted by atomic mass is 9.98. The SMILES string of the molecule is Cc1ccc2nc(C3CC3)cc(C(=O)NC3CC4CCC(C3)N4)c2c1.Cl.Cl. The van der Waals surface area contributed by atoms with Crippen molar-refractivity contribution in [1.82, 2.24) is 15.6 Å². The number of aryl methyl sites for hydroxylation is 1. The van der Waals surface area contributed by atoms with Crippen LogP contribution in [-0.4, -0.2) is 29.0 Å². The van der Waals surface area contributed by atoms with E-state index in [-0.39, 0.29) is 30.7 Å². The molecule has 2 aliphatic heterocycles. The number of nitrogens with zero attached hydrogens (tertiary/aromatic N) is 1. The molecule has 0 radical (unpaired) electrons. The number of rotatable bonds is 3. The molecule has 3 fully saturated rings. The van der Waals surface area contributed by atoms with Crippen LogP contribution in [0.4, 0.5) is 0 Å². The zero-order valence-corrected chi connectivity index (χ0v) is 17.2. The number of pyridine rings is 1. The van der Waals surface area contributed by atoms with Gasteiger partial charge in [-0.05, 0) is 63.6 Å². The summed E-state index contributed by atoms with van der Waals surface area (Å²) >= 11 is 0. The van der Waals surface area contributed by atoms with Crippen LogP contribution < -0.4 is 10.6 Å². The molecule has 5 rings (SSSR count). The quantitative estimate of drug-likeness (QED) is 0.797. The molecule has 2 N–H and O–H groups in total. The minimum atomic E-state index is 0. The summed E-state index contributed by atoms with van der Waals surface area (Å²) in [7, 11) is 0. The molecule has 0 spiro atoms. The number of piperidine rings is 1. The Bertz CT molecular complexity index is 841. The molecule has 1 aromatic heterocycles. The van der Waals surface area contributed by atoms with E-state index in [4.69, 9.17) is 4.98 Å². The van der Waals surface area contributed by atoms with Crippen molar-refractivity contribution < 1.29 is 4.79 Å². The van der Waals surface area contributed by atoms with Crippen molar-refractivity contribution in [2.75, 3.05) is 0 Å². The summed E-state index contributed by atoms with van der Waals surface area (Å²) in [5, 5.41) is 7.95. The maximum Gasteiger partial charge on any atom is 0.252 e. The first-order chi connectivity index (χ1) is 12.2. The van der Waals surface area contributed by atoms with Crippen molar-refractivity contribution in [3.63, 3.8) is 0 Å². The van der Waals surface area contributed by atoms with Crippen LogP contribution in [0.25, 0.3) is 10.9 Å². The monoisotopic (exact) mass is 407 g/mol. The topological polar surface area (TPSA) is 54.0 Å². The first-order valence-corrected chi connectivity index (χ1v) is 9.64. The maximum absolute atomic E-state index is 13.1. The second-order valence-corrected chi connectivity index (χ2v) is 8.17. The number of nitrogens with one attached hydrogen (secondary N) is 2. The van der Waals surface area contributed by atoms with Crippen molar-refractivity contribution >= 4 is 41.6 Å². The zero-order valence-electron chi connectivity index (χ0n) is 15.5. The second kappa shape index (κ2) is 7.94. The molecule has 146 valence electrons. The van der Waals surface area contributed by atoms with E-state index in [1.165, 1.54) is 31.2 Å². The molecule has 3 aliphatic rings. The number of aromatic nitrogens is 1. The van der Waals surface area contributed by atoms with E-state index >= 15 is 0 Å². The van der Waals surface area contributed by atoms with Gasteiger partial charge in [0.25, 0.3) is 5.91 Å². The number of carbonyl (C=O) groups is 1. The van der Waals surface area contributed by atoms with E-state index in [9.17, 15) is 4.79 Å². The van der Waals surface area contributed by atoms with Crippen LogP contribution >= 0.6 is 24.8 Å². The molecule has 2 bridgehead atoms. The normalized spacial score (nSPS) is 26.2. The van der Waals surface area contributed by atoms with E-state index in [0.717, 1.165) is 35.0 Å². The molecule has 3 heterocycles. The fraction of sp³-hybridized carbons (Fsp3) is 0.524. The molecule has 1 amide bonds. The summed E-state index contributed by atoms with van der Waals surface area (Å²) in [6, 6.07) is 9.74. The Balaban J connectivity index is 0.00000105. The Morgan fingerprint density at radius 3 is 2.44 bits per heavy atom. The number of carbonyl (C=O) groups excluding carboxylic acids is 1. The van der Waals surface area contributed by atoms with Crippen LogP contribution in [0.3, 0.4) is 0 Å². The Kier molecular flexibility index (Phi) is 5.99. The van der Waals surface area contributed by atoms with E-state index in [0.29, 0.717) is 24.0 Å². The Morgan fingerprint density at radius 1 is 1.07 bits per heavy atom. The van der Waals surface area contributed by atoms with Crippen molar-refractivity contribution in [2.24, 2.45) is 0 Å². The lowest BCUT2D eigenvalue weighted by molar-refractivity contribution is 0.0925. The minimum Gasteiger partial charge on any atom is -0.349 e. The third-order valence-corrected chi connectivity index (χ3v) is 6.03. The molecule has 2 unspecified atom stereocenters. The summed E-state index contributed by atoms with van der Waals surface area (Å²) < 4.78 is 0. The summed E-state index contributed by atoms with van der Waals surface area (Å²) in [4.78, 5) is 17.9. The predicted octanol–water partition coefficient (Wildman–Crippen LogP) is 4.28. The molecule has 1 saturated carbocycles. The molecule has 1 aromatic carbocycles. The van der Waals surface area contributed by atoms with Gasteiger partial charge in [0, 0.05) is 35.1 Å². The van der Waals surface area contributed by atoms with Gasteiger partial charge in [0.1, 0.15) is 0 Å². The van der Waals surface area contributed by atoms with Gasteiger partial charge < -0.3 is 10.6 Å². The average molecular weight is 408 g/mol. The van der Waals surface area contributed by atoms with Gasteiger partial charge in [-0.2, -0.15) is 0 Å². The molecule has 2 saturated heterocycles. The van der Waals surface area contributed by atoms with Gasteiger partial charge >= 0.3 is 0 Å². The first kappa shape index (κ1) is 20.4. The summed E-state index contributed by atoms with van der Waals surface area (Å²) in [6.07, 6.45) is 7.01. The number of fused-ring (bicyclic) bond motifs is 3. The van der Waals surface area contributed by atoms with Crippen molar-refractivity contribution in [2.45, 2.75) is 69.5 Å². The summed E-state index contributed by atoms with van der Waals surface area (Å²) in [5.41, 5.74) is 4.02. The van der Waals surface area contributed by atoms with Crippen molar-refractivity contribution in [1.29, 1.82) is 0 Å². The third kappa shape index (κ3) is 4.08. The smallest absolute Gasteiger partial charge is 0.252 e. The van der Waals surface area contributed by atoms with Gasteiger partial charge in [0.15, 0.2) is 0 Å². The molecule has 2 atom stereocenters. The fourth-order valence-electron chi connectivity index (χ4n) is 4.57. The van der Waals surface area contributed by atoms with Crippen LogP contribution in [0, 0.1) is 6.92 Å². The molecule has 27 heavy (non-hydrogen) atoms. The van der Waals surface area contributed by atoms with E-state index in [1.807, 2.05) is 6.07 Å². The number of hydrogen-bond donors (Lipinski definition) is 2. The first-order valence-electron chi connectivity index (χ1n) is 9.64. The standard InChI is InChI=1S/C21H25N3O.2ClH/c1-12-2-7-19-17(8-12)18(11-20(24-19)13-3-4-13)21(25)23-16-9-14-5-6-15(10-16)22-14;;/h2,7-8,11,13-16,22H,3-6,9-10H2,1H3,(H,23,25);2*1H. The van der Waals surface area contributed by atoms with Crippen LogP contribution in [0.2, 0.25) is 0 Å². The minimum absolute atomic E-state index is 0. The highest BCUT2D eigenvalue weighted by Crippen LogP contribution is 2.40. The fourth-order valence-corrected chi connectivity index (χ4v) is 4.57. The van der Waals surface area contributed by atoms with Crippen molar-refractivity contribution in [3.8, 4) is 0 Å². The average Bonchev–Trinajstić information content (AvgIpc) is 3.39. The highest BCUT2D eigenvalue weighted by atomic mass is 35.5. The Labute approximate surface area is 172 Å². The van der Waals surface area contributed by atoms with Gasteiger partial charge in [0.2, 0.25) is 0 Å². The molecular weight excluding hydrogens is 381 g/mol. The number of halogens is 2. The number of benzene rings is 1. The highest BCUT2D eigenvalue weighted by Gasteiger charge is 2.34. The van der Waals surface area contributed by atoms with Gasteiger partial charge in [0.05, 0.1) is 11.1 Å². The van der Waals surface area contributed by atoms with E-state index < -0.39 is 0 Å². The van der Waals surface area contributed by atoms with Crippen LogP contribution in [0.15, 0.2) is 24.3 Å². The van der Waals surface area contributed by atoms with Gasteiger partial charge in [-0.3, -0.25) is 9.78 Å². The summed E-state index contributed by atoms with van der Waals surface area (Å²) in [6.45, 7) is 2.07. The zero-order chi connectivity index (χ0) is 17.0. The largest absolute Gasteiger partial charge is 0.349 e. The molecule has 4 nitrogen and oxygen atoms in total. The number of hydrogen-bond acceptors (Lipinski definition) is 3. The van der Waals surface area contributed by atoms with E-state index in [1.54, 1.807) is 0 Å². The molecular formula is C21H27Cl2N3O. The lowest BCUT2D eigenvalue weighted by Gasteiger charge is -2.29. The van der Waals surface area contributed by atoms with Gasteiger partial charge in [-0.1, -0.05) is 11.6 Å². The Morgan fingerprint density at radius 2 is 1.78 bits per heavy atom.